The van der Waals surface area contributed by atoms with E-state index in [2.05, 4.69) is 21.3 Å². The molecule has 35 heavy (non-hydrogen) atoms. The SMILES string of the molecule is N#Cc1ccc(-n2c(-c3ccccc3)cc(C=C3C(=O)NC(=S)NC3=O)c2-c2ccccc2)cc1. The maximum absolute atomic E-state index is 12.6. The first kappa shape index (κ1) is 22.0. The second-order valence-electron chi connectivity index (χ2n) is 7.86. The Bertz CT molecular complexity index is 1510. The van der Waals surface area contributed by atoms with E-state index < -0.39 is 11.8 Å². The number of carbonyl (C=O) groups is 2. The summed E-state index contributed by atoms with van der Waals surface area (Å²) in [6.07, 6.45) is 1.58. The van der Waals surface area contributed by atoms with Crippen molar-refractivity contribution in [2.45, 2.75) is 0 Å². The number of nitrogens with one attached hydrogen (secondary N) is 2. The molecule has 0 bridgehead atoms. The Kier molecular flexibility index (Phi) is 5.80. The van der Waals surface area contributed by atoms with Gasteiger partial charge in [0.25, 0.3) is 11.8 Å². The highest BCUT2D eigenvalue weighted by atomic mass is 32.1. The molecule has 0 unspecified atom stereocenters. The standard InChI is InChI=1S/C28H18N4O2S/c29-17-18-11-13-22(14-12-18)32-24(19-7-3-1-4-8-19)16-21(25(32)20-9-5-2-6-10-20)15-23-26(33)30-28(35)31-27(23)34/h1-16H,(H2,30,31,33,34,35). The van der Waals surface area contributed by atoms with Crippen LogP contribution in [0.15, 0.2) is 96.6 Å². The number of thiocarbonyl (C=S) groups is 1. The van der Waals surface area contributed by atoms with E-state index in [9.17, 15) is 14.9 Å². The van der Waals surface area contributed by atoms with E-state index in [0.717, 1.165) is 28.2 Å². The summed E-state index contributed by atoms with van der Waals surface area (Å²) in [6, 6.07) is 31.0. The van der Waals surface area contributed by atoms with E-state index in [4.69, 9.17) is 12.2 Å². The highest BCUT2D eigenvalue weighted by molar-refractivity contribution is 7.80. The van der Waals surface area contributed by atoms with Gasteiger partial charge in [-0.3, -0.25) is 20.2 Å². The van der Waals surface area contributed by atoms with Crippen LogP contribution in [0.25, 0.3) is 34.3 Å². The summed E-state index contributed by atoms with van der Waals surface area (Å²) < 4.78 is 2.07. The molecule has 6 nitrogen and oxygen atoms in total. The van der Waals surface area contributed by atoms with Crippen LogP contribution in [-0.2, 0) is 9.59 Å². The lowest BCUT2D eigenvalue weighted by atomic mass is 10.0. The first-order valence-corrected chi connectivity index (χ1v) is 11.2. The predicted molar refractivity (Wildman–Crippen MR) is 138 cm³/mol. The van der Waals surface area contributed by atoms with Crippen LogP contribution in [0.5, 0.6) is 0 Å². The molecule has 1 aliphatic heterocycles. The van der Waals surface area contributed by atoms with Crippen LogP contribution in [0.1, 0.15) is 11.1 Å². The lowest BCUT2D eigenvalue weighted by Gasteiger charge is -2.17. The molecule has 4 aromatic rings. The lowest BCUT2D eigenvalue weighted by Crippen LogP contribution is -2.51. The van der Waals surface area contributed by atoms with Gasteiger partial charge in [0.05, 0.1) is 23.0 Å². The molecule has 1 fully saturated rings. The van der Waals surface area contributed by atoms with Gasteiger partial charge < -0.3 is 4.57 Å². The van der Waals surface area contributed by atoms with Gasteiger partial charge in [-0.05, 0) is 59.8 Å². The minimum Gasteiger partial charge on any atom is -0.309 e. The third-order valence-electron chi connectivity index (χ3n) is 5.64. The van der Waals surface area contributed by atoms with Gasteiger partial charge in [-0.1, -0.05) is 60.7 Å². The molecule has 0 saturated carbocycles. The van der Waals surface area contributed by atoms with Crippen molar-refractivity contribution in [3.05, 3.63) is 108 Å². The van der Waals surface area contributed by atoms with Gasteiger partial charge in [0.15, 0.2) is 5.11 Å². The summed E-state index contributed by atoms with van der Waals surface area (Å²) in [5.41, 5.74) is 5.57. The van der Waals surface area contributed by atoms with Gasteiger partial charge in [0.2, 0.25) is 0 Å². The van der Waals surface area contributed by atoms with Crippen molar-refractivity contribution in [1.82, 2.24) is 15.2 Å². The Morgan fingerprint density at radius 1 is 0.800 bits per heavy atom. The van der Waals surface area contributed by atoms with E-state index in [1.54, 1.807) is 18.2 Å². The van der Waals surface area contributed by atoms with Crippen molar-refractivity contribution in [3.8, 4) is 34.3 Å². The number of carbonyl (C=O) groups excluding carboxylic acids is 2. The predicted octanol–water partition coefficient (Wildman–Crippen LogP) is 4.60. The number of amides is 2. The van der Waals surface area contributed by atoms with Crippen molar-refractivity contribution in [3.63, 3.8) is 0 Å². The molecule has 168 valence electrons. The molecule has 2 N–H and O–H groups in total. The van der Waals surface area contributed by atoms with Crippen LogP contribution in [0.2, 0.25) is 0 Å². The first-order chi connectivity index (χ1) is 17.0. The molecule has 0 spiro atoms. The zero-order valence-corrected chi connectivity index (χ0v) is 19.2. The van der Waals surface area contributed by atoms with E-state index in [1.165, 1.54) is 0 Å². The van der Waals surface area contributed by atoms with Crippen LogP contribution in [0, 0.1) is 11.3 Å². The topological polar surface area (TPSA) is 86.9 Å². The summed E-state index contributed by atoms with van der Waals surface area (Å²) in [5.74, 6) is -1.10. The summed E-state index contributed by atoms with van der Waals surface area (Å²) in [7, 11) is 0. The molecule has 0 radical (unpaired) electrons. The quantitative estimate of drug-likeness (QED) is 0.257. The minimum atomic E-state index is -0.551. The molecule has 0 atom stereocenters. The van der Waals surface area contributed by atoms with Gasteiger partial charge >= 0.3 is 0 Å². The number of hydrogen-bond donors (Lipinski definition) is 2. The third-order valence-corrected chi connectivity index (χ3v) is 5.85. The number of aromatic nitrogens is 1. The number of benzene rings is 3. The summed E-state index contributed by atoms with van der Waals surface area (Å²) in [6.45, 7) is 0. The lowest BCUT2D eigenvalue weighted by molar-refractivity contribution is -0.123. The molecule has 7 heteroatoms. The highest BCUT2D eigenvalue weighted by Crippen LogP contribution is 2.37. The van der Waals surface area contributed by atoms with Crippen molar-refractivity contribution in [1.29, 1.82) is 5.26 Å². The molecule has 1 aromatic heterocycles. The average molecular weight is 475 g/mol. The number of hydrogen-bond acceptors (Lipinski definition) is 4. The number of nitrogens with zero attached hydrogens (tertiary/aromatic N) is 2. The van der Waals surface area contributed by atoms with Crippen LogP contribution < -0.4 is 10.6 Å². The molecule has 0 aliphatic carbocycles. The second kappa shape index (κ2) is 9.21. The Morgan fingerprint density at radius 3 is 1.94 bits per heavy atom. The maximum Gasteiger partial charge on any atom is 0.263 e. The molecular formula is C28H18N4O2S. The fourth-order valence-corrected chi connectivity index (χ4v) is 4.25. The molecule has 5 rings (SSSR count). The minimum absolute atomic E-state index is 0.0134. The molecule has 1 saturated heterocycles. The van der Waals surface area contributed by atoms with Gasteiger partial charge in [-0.2, -0.15) is 5.26 Å². The fraction of sp³-hybridized carbons (Fsp3) is 0. The Hall–Kier alpha value is -4.80. The highest BCUT2D eigenvalue weighted by Gasteiger charge is 2.27. The van der Waals surface area contributed by atoms with Crippen molar-refractivity contribution in [2.24, 2.45) is 0 Å². The zero-order chi connectivity index (χ0) is 24.4. The molecular weight excluding hydrogens is 456 g/mol. The molecule has 2 heterocycles. The maximum atomic E-state index is 12.6. The van der Waals surface area contributed by atoms with Crippen molar-refractivity contribution >= 4 is 35.2 Å². The van der Waals surface area contributed by atoms with Gasteiger partial charge in [0.1, 0.15) is 5.57 Å². The molecule has 2 amide bonds. The fourth-order valence-electron chi connectivity index (χ4n) is 4.07. The number of rotatable bonds is 4. The Balaban J connectivity index is 1.82. The van der Waals surface area contributed by atoms with Crippen LogP contribution in [-0.4, -0.2) is 21.5 Å². The monoisotopic (exact) mass is 474 g/mol. The first-order valence-electron chi connectivity index (χ1n) is 10.8. The van der Waals surface area contributed by atoms with Crippen molar-refractivity contribution < 1.29 is 9.59 Å². The normalized spacial score (nSPS) is 13.1. The van der Waals surface area contributed by atoms with Crippen LogP contribution in [0.4, 0.5) is 0 Å². The molecule has 1 aliphatic rings. The van der Waals surface area contributed by atoms with Gasteiger partial charge in [-0.25, -0.2) is 0 Å². The van der Waals surface area contributed by atoms with Gasteiger partial charge in [-0.15, -0.1) is 0 Å². The smallest absolute Gasteiger partial charge is 0.263 e. The van der Waals surface area contributed by atoms with E-state index >= 15 is 0 Å². The molecule has 3 aromatic carbocycles. The zero-order valence-electron chi connectivity index (χ0n) is 18.4. The summed E-state index contributed by atoms with van der Waals surface area (Å²) >= 11 is 4.93. The van der Waals surface area contributed by atoms with Crippen LogP contribution in [0.3, 0.4) is 0 Å². The van der Waals surface area contributed by atoms with Gasteiger partial charge in [0, 0.05) is 11.3 Å². The summed E-state index contributed by atoms with van der Waals surface area (Å²) in [5, 5.41) is 14.2. The third kappa shape index (κ3) is 4.26. The second-order valence-corrected chi connectivity index (χ2v) is 8.26. The van der Waals surface area contributed by atoms with Crippen molar-refractivity contribution in [2.75, 3.05) is 0 Å². The van der Waals surface area contributed by atoms with Crippen LogP contribution >= 0.6 is 12.2 Å². The number of nitriles is 1. The Morgan fingerprint density at radius 2 is 1.37 bits per heavy atom. The average Bonchev–Trinajstić information content (AvgIpc) is 3.26. The largest absolute Gasteiger partial charge is 0.309 e. The van der Waals surface area contributed by atoms with E-state index in [-0.39, 0.29) is 10.7 Å². The summed E-state index contributed by atoms with van der Waals surface area (Å²) in [4.78, 5) is 25.2. The Labute approximate surface area is 207 Å². The van der Waals surface area contributed by atoms with E-state index in [1.807, 2.05) is 78.9 Å². The van der Waals surface area contributed by atoms with E-state index in [0.29, 0.717) is 11.1 Å².